The Morgan fingerprint density at radius 2 is 0.865 bits per heavy atom. The number of ether oxygens (including phenoxy) is 4. The highest BCUT2D eigenvalue weighted by molar-refractivity contribution is 5.76. The molecule has 14 heteroatoms. The third kappa shape index (κ3) is 31.6. The number of allylic oxidation sites excluding steroid dienone is 5. The van der Waals surface area contributed by atoms with Gasteiger partial charge >= 0.3 is 0 Å². The van der Waals surface area contributed by atoms with E-state index in [1.54, 1.807) is 6.08 Å². The van der Waals surface area contributed by atoms with Crippen molar-refractivity contribution in [3.05, 3.63) is 36.5 Å². The van der Waals surface area contributed by atoms with Crippen LogP contribution in [0.1, 0.15) is 245 Å². The third-order valence-electron chi connectivity index (χ3n) is 14.8. The first-order valence-electron chi connectivity index (χ1n) is 30.2. The Kier molecular flexibility index (Phi) is 42.6. The van der Waals surface area contributed by atoms with Gasteiger partial charge in [-0.3, -0.25) is 4.79 Å². The predicted octanol–water partition coefficient (Wildman–Crippen LogP) is 10.2. The number of unbranched alkanes of at least 4 members (excludes halogenated alkanes) is 31. The van der Waals surface area contributed by atoms with E-state index in [4.69, 9.17) is 18.9 Å². The fourth-order valence-electron chi connectivity index (χ4n) is 9.89. The Bertz CT molecular complexity index is 1380. The van der Waals surface area contributed by atoms with Crippen molar-refractivity contribution in [3.63, 3.8) is 0 Å². The first-order valence-corrected chi connectivity index (χ1v) is 30.2. The van der Waals surface area contributed by atoms with Crippen molar-refractivity contribution in [2.45, 2.75) is 319 Å². The van der Waals surface area contributed by atoms with E-state index in [0.717, 1.165) is 38.5 Å². The summed E-state index contributed by atoms with van der Waals surface area (Å²) in [6, 6.07) is -0.933. The minimum absolute atomic E-state index is 0.252. The van der Waals surface area contributed by atoms with Crippen molar-refractivity contribution in [2.75, 3.05) is 19.8 Å². The molecule has 0 aromatic rings. The number of hydrogen-bond donors (Lipinski definition) is 9. The molecule has 0 saturated carbocycles. The molecule has 0 aromatic heterocycles. The normalized spacial score (nSPS) is 25.4. The van der Waals surface area contributed by atoms with Gasteiger partial charge in [-0.2, -0.15) is 0 Å². The lowest BCUT2D eigenvalue weighted by molar-refractivity contribution is -0.359. The average Bonchev–Trinajstić information content (AvgIpc) is 3.40. The fraction of sp³-hybridized carbons (Fsp3) is 0.883. The number of carbonyl (C=O) groups is 1. The number of nitrogens with one attached hydrogen (secondary N) is 1. The second kappa shape index (κ2) is 46.2. The molecule has 0 aliphatic carbocycles. The van der Waals surface area contributed by atoms with E-state index in [0.29, 0.717) is 12.8 Å². The summed E-state index contributed by atoms with van der Waals surface area (Å²) < 4.78 is 22.8. The zero-order chi connectivity index (χ0) is 53.9. The number of rotatable bonds is 48. The summed E-state index contributed by atoms with van der Waals surface area (Å²) in [6.45, 7) is 2.79. The SMILES string of the molecule is CCCCCCCCC/C=C\CCCCCCCCCC(=O)NC(COC1OC(CO)C(OC2OC(CO)C(O)C(O)C2O)C(O)C1O)C(O)/C=C/CC/C=C/CCCCCCCCCCCCCCCCCC. The maximum Gasteiger partial charge on any atom is 0.220 e. The van der Waals surface area contributed by atoms with E-state index in [9.17, 15) is 45.6 Å². The lowest BCUT2D eigenvalue weighted by atomic mass is 9.97. The van der Waals surface area contributed by atoms with Crippen LogP contribution in [0.25, 0.3) is 0 Å². The van der Waals surface area contributed by atoms with Gasteiger partial charge in [0, 0.05) is 6.42 Å². The van der Waals surface area contributed by atoms with Gasteiger partial charge in [-0.15, -0.1) is 0 Å². The summed E-state index contributed by atoms with van der Waals surface area (Å²) in [7, 11) is 0. The van der Waals surface area contributed by atoms with Gasteiger partial charge in [-0.05, 0) is 57.8 Å². The lowest BCUT2D eigenvalue weighted by Gasteiger charge is -2.46. The molecule has 0 radical (unpaired) electrons. The van der Waals surface area contributed by atoms with Crippen molar-refractivity contribution >= 4 is 5.91 Å². The van der Waals surface area contributed by atoms with Crippen molar-refractivity contribution < 1.29 is 64.6 Å². The molecule has 2 aliphatic rings. The molecule has 9 N–H and O–H groups in total. The second-order valence-corrected chi connectivity index (χ2v) is 21.5. The van der Waals surface area contributed by atoms with E-state index in [1.807, 2.05) is 6.08 Å². The van der Waals surface area contributed by atoms with Gasteiger partial charge in [0.1, 0.15) is 48.8 Å². The van der Waals surface area contributed by atoms with Crippen LogP contribution in [0.3, 0.4) is 0 Å². The van der Waals surface area contributed by atoms with Crippen LogP contribution in [0.4, 0.5) is 0 Å². The molecule has 0 spiro atoms. The first kappa shape index (κ1) is 68.3. The van der Waals surface area contributed by atoms with Gasteiger partial charge in [-0.25, -0.2) is 0 Å². The predicted molar refractivity (Wildman–Crippen MR) is 295 cm³/mol. The molecular weight excluding hydrogens is 943 g/mol. The third-order valence-corrected chi connectivity index (χ3v) is 14.8. The van der Waals surface area contributed by atoms with Gasteiger partial charge in [0.15, 0.2) is 12.6 Å². The van der Waals surface area contributed by atoms with Crippen LogP contribution < -0.4 is 5.32 Å². The quantitative estimate of drug-likeness (QED) is 0.0204. The van der Waals surface area contributed by atoms with E-state index in [2.05, 4.69) is 43.5 Å². The summed E-state index contributed by atoms with van der Waals surface area (Å²) in [5, 5.41) is 87.1. The van der Waals surface area contributed by atoms with Gasteiger partial charge in [0.25, 0.3) is 0 Å². The molecule has 1 amide bonds. The molecule has 0 aromatic carbocycles. The topological polar surface area (TPSA) is 228 Å². The molecule has 434 valence electrons. The van der Waals surface area contributed by atoms with Gasteiger partial charge in [-0.1, -0.05) is 217 Å². The van der Waals surface area contributed by atoms with Crippen molar-refractivity contribution in [1.29, 1.82) is 0 Å². The van der Waals surface area contributed by atoms with Crippen molar-refractivity contribution in [3.8, 4) is 0 Å². The molecule has 2 saturated heterocycles. The summed E-state index contributed by atoms with van der Waals surface area (Å²) in [5.74, 6) is -0.252. The Morgan fingerprint density at radius 1 is 0.473 bits per heavy atom. The Labute approximate surface area is 449 Å². The molecule has 2 rings (SSSR count). The lowest BCUT2D eigenvalue weighted by Crippen LogP contribution is -2.65. The minimum atomic E-state index is -1.79. The molecule has 74 heavy (non-hydrogen) atoms. The van der Waals surface area contributed by atoms with Crippen LogP contribution in [0.15, 0.2) is 36.5 Å². The Morgan fingerprint density at radius 3 is 1.32 bits per heavy atom. The maximum absolute atomic E-state index is 13.2. The second-order valence-electron chi connectivity index (χ2n) is 21.5. The smallest absolute Gasteiger partial charge is 0.220 e. The summed E-state index contributed by atoms with van der Waals surface area (Å²) in [4.78, 5) is 13.2. The maximum atomic E-state index is 13.2. The largest absolute Gasteiger partial charge is 0.394 e. The van der Waals surface area contributed by atoms with Gasteiger partial charge in [0.2, 0.25) is 5.91 Å². The molecule has 14 nitrogen and oxygen atoms in total. The number of amides is 1. The van der Waals surface area contributed by atoms with E-state index in [-0.39, 0.29) is 18.9 Å². The summed E-state index contributed by atoms with van der Waals surface area (Å²) in [6.07, 6.45) is 39.0. The Balaban J connectivity index is 1.79. The van der Waals surface area contributed by atoms with Crippen LogP contribution in [-0.4, -0.2) is 140 Å². The van der Waals surface area contributed by atoms with Crippen LogP contribution in [0.5, 0.6) is 0 Å². The summed E-state index contributed by atoms with van der Waals surface area (Å²) in [5.41, 5.74) is 0. The standard InChI is InChI=1S/C60H111NO13/c1-3-5-7-9-11-13-15-17-19-21-23-24-25-26-27-29-31-33-35-37-39-41-43-49(64)48(61-52(65)44-42-40-38-36-34-32-30-28-22-20-18-16-14-12-10-8-6-4-2)47-71-59-57(70)55(68)58(51(46-63)73-59)74-60-56(69)54(67)53(66)50(45-62)72-60/h20,22,33,35,41,43,48-51,53-60,62-64,66-70H,3-19,21,23-32,34,36-40,42,44-47H2,1-2H3,(H,61,65)/b22-20-,35-33+,43-41+. The number of carbonyl (C=O) groups excluding carboxylic acids is 1. The zero-order valence-electron chi connectivity index (χ0n) is 46.6. The molecule has 12 atom stereocenters. The number of aliphatic hydroxyl groups is 8. The highest BCUT2D eigenvalue weighted by Gasteiger charge is 2.51. The zero-order valence-corrected chi connectivity index (χ0v) is 46.6. The van der Waals surface area contributed by atoms with Crippen LogP contribution in [0.2, 0.25) is 0 Å². The molecule has 2 heterocycles. The van der Waals surface area contributed by atoms with Crippen molar-refractivity contribution in [2.24, 2.45) is 0 Å². The molecule has 2 aliphatic heterocycles. The monoisotopic (exact) mass is 1050 g/mol. The highest BCUT2D eigenvalue weighted by Crippen LogP contribution is 2.30. The summed E-state index contributed by atoms with van der Waals surface area (Å²) >= 11 is 0. The number of hydrogen-bond acceptors (Lipinski definition) is 13. The fourth-order valence-corrected chi connectivity index (χ4v) is 9.89. The molecule has 12 unspecified atom stereocenters. The van der Waals surface area contributed by atoms with Crippen LogP contribution in [0, 0.1) is 0 Å². The highest BCUT2D eigenvalue weighted by atomic mass is 16.7. The van der Waals surface area contributed by atoms with E-state index in [1.165, 1.54) is 173 Å². The van der Waals surface area contributed by atoms with Gasteiger partial charge < -0.3 is 65.1 Å². The van der Waals surface area contributed by atoms with E-state index >= 15 is 0 Å². The average molecular weight is 1050 g/mol. The first-order chi connectivity index (χ1) is 36.1. The van der Waals surface area contributed by atoms with Gasteiger partial charge in [0.05, 0.1) is 32.0 Å². The number of aliphatic hydroxyl groups excluding tert-OH is 8. The van der Waals surface area contributed by atoms with Crippen molar-refractivity contribution in [1.82, 2.24) is 5.32 Å². The minimum Gasteiger partial charge on any atom is -0.394 e. The molecule has 2 fully saturated rings. The van der Waals surface area contributed by atoms with Crippen LogP contribution >= 0.6 is 0 Å². The molecular formula is C60H111NO13. The molecule has 0 bridgehead atoms. The van der Waals surface area contributed by atoms with E-state index < -0.39 is 86.8 Å². The van der Waals surface area contributed by atoms with Crippen LogP contribution in [-0.2, 0) is 23.7 Å². The Hall–Kier alpha value is -1.79.